The lowest BCUT2D eigenvalue weighted by Crippen LogP contribution is -2.43. The number of ether oxygens (including phenoxy) is 1. The van der Waals surface area contributed by atoms with Gasteiger partial charge in [-0.2, -0.15) is 0 Å². The highest BCUT2D eigenvalue weighted by Crippen LogP contribution is 2.25. The molecule has 0 fully saturated rings. The molecule has 0 saturated heterocycles. The summed E-state index contributed by atoms with van der Waals surface area (Å²) in [5, 5.41) is 5.62. The van der Waals surface area contributed by atoms with Gasteiger partial charge in [0.15, 0.2) is 0 Å². The third-order valence-corrected chi connectivity index (χ3v) is 2.09. The predicted molar refractivity (Wildman–Crippen MR) is 69.6 cm³/mol. The third kappa shape index (κ3) is 4.34. The van der Waals surface area contributed by atoms with E-state index in [0.29, 0.717) is 11.4 Å². The number of anilines is 1. The van der Waals surface area contributed by atoms with E-state index in [0.717, 1.165) is 5.56 Å². The zero-order valence-corrected chi connectivity index (χ0v) is 11.0. The van der Waals surface area contributed by atoms with Gasteiger partial charge in [0.2, 0.25) is 0 Å². The molecule has 1 aromatic carbocycles. The first-order valence-electron chi connectivity index (χ1n) is 5.55. The van der Waals surface area contributed by atoms with E-state index >= 15 is 0 Å². The number of hydrogen-bond acceptors (Lipinski definition) is 2. The number of benzene rings is 1. The molecule has 0 aliphatic rings. The van der Waals surface area contributed by atoms with Crippen molar-refractivity contribution in [1.29, 1.82) is 0 Å². The molecule has 4 heteroatoms. The molecule has 94 valence electrons. The Hall–Kier alpha value is -1.71. The number of carbonyl (C=O) groups excluding carboxylic acids is 1. The van der Waals surface area contributed by atoms with Crippen LogP contribution in [0.3, 0.4) is 0 Å². The van der Waals surface area contributed by atoms with Gasteiger partial charge >= 0.3 is 6.03 Å². The molecule has 17 heavy (non-hydrogen) atoms. The minimum atomic E-state index is -0.263. The Bertz CT molecular complexity index is 408. The van der Waals surface area contributed by atoms with Crippen LogP contribution in [0.2, 0.25) is 0 Å². The highest BCUT2D eigenvalue weighted by atomic mass is 16.5. The maximum Gasteiger partial charge on any atom is 0.319 e. The Morgan fingerprint density at radius 3 is 2.47 bits per heavy atom. The van der Waals surface area contributed by atoms with Crippen molar-refractivity contribution in [2.45, 2.75) is 33.2 Å². The number of amides is 2. The summed E-state index contributed by atoms with van der Waals surface area (Å²) in [6.07, 6.45) is 0. The number of carbonyl (C=O) groups is 1. The van der Waals surface area contributed by atoms with Crippen LogP contribution >= 0.6 is 0 Å². The van der Waals surface area contributed by atoms with Crippen LogP contribution in [0.25, 0.3) is 0 Å². The number of hydrogen-bond donors (Lipinski definition) is 2. The van der Waals surface area contributed by atoms with Crippen molar-refractivity contribution in [3.8, 4) is 5.75 Å². The van der Waals surface area contributed by atoms with E-state index in [-0.39, 0.29) is 11.6 Å². The van der Waals surface area contributed by atoms with Crippen LogP contribution in [0.1, 0.15) is 26.3 Å². The molecule has 0 atom stereocenters. The summed E-state index contributed by atoms with van der Waals surface area (Å²) < 4.78 is 5.19. The molecule has 0 saturated carbocycles. The van der Waals surface area contributed by atoms with Gasteiger partial charge in [-0.3, -0.25) is 0 Å². The molecule has 0 aromatic heterocycles. The van der Waals surface area contributed by atoms with Gasteiger partial charge < -0.3 is 15.4 Å². The second-order valence-electron chi connectivity index (χ2n) is 5.03. The Kier molecular flexibility index (Phi) is 3.99. The van der Waals surface area contributed by atoms with Crippen LogP contribution < -0.4 is 15.4 Å². The topological polar surface area (TPSA) is 50.4 Å². The monoisotopic (exact) mass is 236 g/mol. The summed E-state index contributed by atoms with van der Waals surface area (Å²) in [5.41, 5.74) is 1.48. The standard InChI is InChI=1S/C13H20N2O2/c1-9-6-7-11(17-5)10(8-9)14-12(16)15-13(2,3)4/h6-8H,1-5H3,(H2,14,15,16). The predicted octanol–water partition coefficient (Wildman–Crippen LogP) is 2.92. The molecule has 2 amide bonds. The number of methoxy groups -OCH3 is 1. The van der Waals surface area contributed by atoms with Gasteiger partial charge in [-0.15, -0.1) is 0 Å². The molecule has 1 aromatic rings. The fourth-order valence-electron chi connectivity index (χ4n) is 1.41. The summed E-state index contributed by atoms with van der Waals surface area (Å²) in [7, 11) is 1.58. The molecule has 4 nitrogen and oxygen atoms in total. The van der Waals surface area contributed by atoms with Crippen molar-refractivity contribution in [1.82, 2.24) is 5.32 Å². The fourth-order valence-corrected chi connectivity index (χ4v) is 1.41. The van der Waals surface area contributed by atoms with Gasteiger partial charge in [0.05, 0.1) is 12.8 Å². The van der Waals surface area contributed by atoms with Gasteiger partial charge in [0.1, 0.15) is 5.75 Å². The normalized spacial score (nSPS) is 10.9. The second-order valence-corrected chi connectivity index (χ2v) is 5.03. The van der Waals surface area contributed by atoms with E-state index in [9.17, 15) is 4.79 Å². The smallest absolute Gasteiger partial charge is 0.319 e. The summed E-state index contributed by atoms with van der Waals surface area (Å²) in [5.74, 6) is 0.652. The van der Waals surface area contributed by atoms with Crippen LogP contribution in [0.5, 0.6) is 5.75 Å². The van der Waals surface area contributed by atoms with E-state index in [1.54, 1.807) is 7.11 Å². The highest BCUT2D eigenvalue weighted by Gasteiger charge is 2.14. The molecule has 0 aliphatic carbocycles. The molecular formula is C13H20N2O2. The number of urea groups is 1. The first-order chi connectivity index (χ1) is 7.81. The molecule has 1 rings (SSSR count). The average molecular weight is 236 g/mol. The van der Waals surface area contributed by atoms with Crippen molar-refractivity contribution in [2.75, 3.05) is 12.4 Å². The zero-order chi connectivity index (χ0) is 13.1. The summed E-state index contributed by atoms with van der Waals surface area (Å²) in [6.45, 7) is 7.76. The molecule has 0 unspecified atom stereocenters. The van der Waals surface area contributed by atoms with Crippen molar-refractivity contribution < 1.29 is 9.53 Å². The van der Waals surface area contributed by atoms with Crippen LogP contribution in [0, 0.1) is 6.92 Å². The van der Waals surface area contributed by atoms with Gasteiger partial charge in [-0.1, -0.05) is 6.07 Å². The Morgan fingerprint density at radius 1 is 1.29 bits per heavy atom. The van der Waals surface area contributed by atoms with Crippen LogP contribution in [0.15, 0.2) is 18.2 Å². The van der Waals surface area contributed by atoms with Gasteiger partial charge in [0.25, 0.3) is 0 Å². The first-order valence-corrected chi connectivity index (χ1v) is 5.55. The maximum atomic E-state index is 11.7. The van der Waals surface area contributed by atoms with Crippen LogP contribution in [0.4, 0.5) is 10.5 Å². The lowest BCUT2D eigenvalue weighted by atomic mass is 10.1. The van der Waals surface area contributed by atoms with E-state index in [1.165, 1.54) is 0 Å². The lowest BCUT2D eigenvalue weighted by molar-refractivity contribution is 0.243. The molecular weight excluding hydrogens is 216 g/mol. The summed E-state index contributed by atoms with van der Waals surface area (Å²) in [6, 6.07) is 5.41. The number of aryl methyl sites for hydroxylation is 1. The Balaban J connectivity index is 2.80. The van der Waals surface area contributed by atoms with Crippen molar-refractivity contribution in [3.63, 3.8) is 0 Å². The lowest BCUT2D eigenvalue weighted by Gasteiger charge is -2.21. The minimum Gasteiger partial charge on any atom is -0.495 e. The molecule has 0 aliphatic heterocycles. The molecule has 0 spiro atoms. The van der Waals surface area contributed by atoms with E-state index in [4.69, 9.17) is 4.74 Å². The highest BCUT2D eigenvalue weighted by molar-refractivity contribution is 5.91. The van der Waals surface area contributed by atoms with E-state index in [2.05, 4.69) is 10.6 Å². The average Bonchev–Trinajstić information content (AvgIpc) is 2.14. The maximum absolute atomic E-state index is 11.7. The van der Waals surface area contributed by atoms with Gasteiger partial charge in [-0.05, 0) is 45.4 Å². The number of nitrogens with one attached hydrogen (secondary N) is 2. The second kappa shape index (κ2) is 5.08. The molecule has 0 radical (unpaired) electrons. The molecule has 0 heterocycles. The van der Waals surface area contributed by atoms with E-state index < -0.39 is 0 Å². The van der Waals surface area contributed by atoms with E-state index in [1.807, 2.05) is 45.9 Å². The Labute approximate surface area is 102 Å². The van der Waals surface area contributed by atoms with Crippen LogP contribution in [-0.2, 0) is 0 Å². The van der Waals surface area contributed by atoms with Crippen molar-refractivity contribution >= 4 is 11.7 Å². The van der Waals surface area contributed by atoms with Crippen molar-refractivity contribution in [2.24, 2.45) is 0 Å². The minimum absolute atomic E-state index is 0.235. The summed E-state index contributed by atoms with van der Waals surface area (Å²) >= 11 is 0. The third-order valence-electron chi connectivity index (χ3n) is 2.09. The first kappa shape index (κ1) is 13.4. The fraction of sp³-hybridized carbons (Fsp3) is 0.462. The zero-order valence-electron chi connectivity index (χ0n) is 11.0. The number of rotatable bonds is 2. The largest absolute Gasteiger partial charge is 0.495 e. The molecule has 2 N–H and O–H groups in total. The van der Waals surface area contributed by atoms with Gasteiger partial charge in [-0.25, -0.2) is 4.79 Å². The van der Waals surface area contributed by atoms with Crippen molar-refractivity contribution in [3.05, 3.63) is 23.8 Å². The SMILES string of the molecule is COc1ccc(C)cc1NC(=O)NC(C)(C)C. The van der Waals surface area contributed by atoms with Crippen LogP contribution in [-0.4, -0.2) is 18.7 Å². The summed E-state index contributed by atoms with van der Waals surface area (Å²) in [4.78, 5) is 11.7. The molecule has 0 bridgehead atoms. The quantitative estimate of drug-likeness (QED) is 0.829. The Morgan fingerprint density at radius 2 is 1.94 bits per heavy atom. The van der Waals surface area contributed by atoms with Gasteiger partial charge in [0, 0.05) is 5.54 Å².